The van der Waals surface area contributed by atoms with E-state index in [0.29, 0.717) is 36.0 Å². The Hall–Kier alpha value is -3.94. The van der Waals surface area contributed by atoms with Gasteiger partial charge in [-0.1, -0.05) is 24.6 Å². The van der Waals surface area contributed by atoms with Gasteiger partial charge in [0.25, 0.3) is 5.91 Å². The third kappa shape index (κ3) is 5.74. The molecule has 0 aromatic carbocycles. The predicted octanol–water partition coefficient (Wildman–Crippen LogP) is 4.99. The van der Waals surface area contributed by atoms with Gasteiger partial charge in [-0.15, -0.1) is 0 Å². The minimum absolute atomic E-state index is 0. The summed E-state index contributed by atoms with van der Waals surface area (Å²) in [5, 5.41) is 20.2. The van der Waals surface area contributed by atoms with Crippen molar-refractivity contribution in [2.75, 3.05) is 11.4 Å². The zero-order chi connectivity index (χ0) is 25.8. The number of hydrogen-bond donors (Lipinski definition) is 3. The molecule has 3 N–H and O–H groups in total. The lowest BCUT2D eigenvalue weighted by molar-refractivity contribution is 0.0917. The van der Waals surface area contributed by atoms with Gasteiger partial charge in [-0.05, 0) is 79.5 Å². The van der Waals surface area contributed by atoms with E-state index in [-0.39, 0.29) is 7.33 Å². The molecule has 0 saturated heterocycles. The van der Waals surface area contributed by atoms with Crippen LogP contribution in [0, 0.1) is 10.8 Å². The van der Waals surface area contributed by atoms with Crippen LogP contribution in [0.15, 0.2) is 66.2 Å². The molecule has 1 atom stereocenters. The van der Waals surface area contributed by atoms with Crippen LogP contribution < -0.4 is 10.2 Å². The van der Waals surface area contributed by atoms with Crippen LogP contribution in [-0.2, 0) is 13.0 Å². The lowest BCUT2D eigenvalue weighted by Gasteiger charge is -2.32. The Morgan fingerprint density at radius 1 is 1.08 bits per heavy atom. The lowest BCUT2D eigenvalue weighted by atomic mass is 9.82. The Morgan fingerprint density at radius 2 is 1.89 bits per heavy atom. The molecule has 3 aliphatic rings. The molecule has 0 saturated carbocycles. The van der Waals surface area contributed by atoms with E-state index in [1.807, 2.05) is 43.5 Å². The molecular formula is C29H35N7O. The third-order valence-electron chi connectivity index (χ3n) is 7.26. The highest BCUT2D eigenvalue weighted by Gasteiger charge is 2.30. The molecule has 1 aliphatic heterocycles. The van der Waals surface area contributed by atoms with Crippen molar-refractivity contribution < 1.29 is 6.22 Å². The topological polar surface area (TPSA) is 119 Å². The zero-order valence-corrected chi connectivity index (χ0v) is 21.3. The molecule has 2 aromatic heterocycles. The van der Waals surface area contributed by atoms with Crippen molar-refractivity contribution in [2.45, 2.75) is 64.0 Å². The van der Waals surface area contributed by atoms with Crippen LogP contribution in [0.3, 0.4) is 0 Å². The second-order valence-corrected chi connectivity index (χ2v) is 10.3. The van der Waals surface area contributed by atoms with Gasteiger partial charge in [0.1, 0.15) is 5.69 Å². The van der Waals surface area contributed by atoms with Gasteiger partial charge in [0.15, 0.2) is 0 Å². The van der Waals surface area contributed by atoms with Crippen molar-refractivity contribution in [1.29, 1.82) is 10.8 Å². The average Bonchev–Trinajstić information content (AvgIpc) is 2.90. The maximum absolute atomic E-state index is 13.3. The standard InChI is InChI=1S/C29H33N7O.H2/c1-29(11-5-8-21(17-29)26(31)20-7-3-2-4-9-24(30)15-20)35-27(37)25-16-23-19-36(14-10-22(23)18-34-25)28-32-12-6-13-33-28;/h5-6,8,11-13,15-16,18,30-31H,2-4,7,9-10,14,17,19H2,1H3,(H,35,37);1H/b20-15+,30-24?,31-26?;. The maximum Gasteiger partial charge on any atom is 0.270 e. The Bertz CT molecular complexity index is 1320. The van der Waals surface area contributed by atoms with Crippen molar-refractivity contribution in [3.05, 3.63) is 83.0 Å². The molecule has 0 fully saturated rings. The second kappa shape index (κ2) is 10.6. The van der Waals surface area contributed by atoms with Crippen molar-refractivity contribution in [3.8, 4) is 0 Å². The fraction of sp³-hybridized carbons (Fsp3) is 0.379. The highest BCUT2D eigenvalue weighted by Crippen LogP contribution is 2.29. The van der Waals surface area contributed by atoms with Crippen molar-refractivity contribution in [2.24, 2.45) is 0 Å². The Balaban J connectivity index is 0.00000336. The number of carbonyl (C=O) groups excluding carboxylic acids is 1. The Morgan fingerprint density at radius 3 is 2.73 bits per heavy atom. The monoisotopic (exact) mass is 497 g/mol. The molecule has 0 bridgehead atoms. The highest BCUT2D eigenvalue weighted by molar-refractivity contribution is 6.14. The smallest absolute Gasteiger partial charge is 0.270 e. The van der Waals surface area contributed by atoms with Gasteiger partial charge in [-0.3, -0.25) is 9.78 Å². The summed E-state index contributed by atoms with van der Waals surface area (Å²) < 4.78 is 0. The predicted molar refractivity (Wildman–Crippen MR) is 147 cm³/mol. The molecule has 8 heteroatoms. The Kier molecular flexibility index (Phi) is 7.08. The summed E-state index contributed by atoms with van der Waals surface area (Å²) >= 11 is 0. The quantitative estimate of drug-likeness (QED) is 0.503. The van der Waals surface area contributed by atoms with E-state index in [2.05, 4.69) is 25.2 Å². The second-order valence-electron chi connectivity index (χ2n) is 10.3. The lowest BCUT2D eigenvalue weighted by Crippen LogP contribution is -2.46. The fourth-order valence-electron chi connectivity index (χ4n) is 5.22. The van der Waals surface area contributed by atoms with Crippen LogP contribution in [0.2, 0.25) is 0 Å². The number of aromatic nitrogens is 3. The molecular weight excluding hydrogens is 462 g/mol. The van der Waals surface area contributed by atoms with Crippen LogP contribution in [0.1, 0.15) is 68.5 Å². The summed E-state index contributed by atoms with van der Waals surface area (Å²) in [6, 6.07) is 3.68. The molecule has 2 aromatic rings. The van der Waals surface area contributed by atoms with E-state index in [0.717, 1.165) is 67.3 Å². The number of allylic oxidation sites excluding steroid dienone is 4. The highest BCUT2D eigenvalue weighted by atomic mass is 16.2. The number of hydrogen-bond acceptors (Lipinski definition) is 7. The number of pyridine rings is 1. The van der Waals surface area contributed by atoms with Gasteiger partial charge in [-0.2, -0.15) is 0 Å². The van der Waals surface area contributed by atoms with Crippen molar-refractivity contribution in [1.82, 2.24) is 20.3 Å². The number of anilines is 1. The number of fused-ring (bicyclic) bond motifs is 1. The summed E-state index contributed by atoms with van der Waals surface area (Å²) in [5.74, 6) is 0.454. The number of rotatable bonds is 5. The number of nitrogens with zero attached hydrogens (tertiary/aromatic N) is 4. The first-order valence-electron chi connectivity index (χ1n) is 13.0. The van der Waals surface area contributed by atoms with Crippen LogP contribution in [0.4, 0.5) is 5.95 Å². The SMILES string of the molecule is CC1(NC(=O)c2cc3c(cn2)CCN(c2ncccn2)C3)C=CC=C(C(=N)/C2=C/C(=N)CCCCC2)C1.[HH]. The summed E-state index contributed by atoms with van der Waals surface area (Å²) in [5.41, 5.74) is 4.82. The minimum atomic E-state index is -0.634. The Labute approximate surface area is 219 Å². The summed E-state index contributed by atoms with van der Waals surface area (Å²) in [7, 11) is 0. The molecule has 2 aliphatic carbocycles. The van der Waals surface area contributed by atoms with E-state index >= 15 is 0 Å². The van der Waals surface area contributed by atoms with Crippen LogP contribution in [0.5, 0.6) is 0 Å². The van der Waals surface area contributed by atoms with Crippen LogP contribution in [-0.4, -0.2) is 44.4 Å². The maximum atomic E-state index is 13.3. The van der Waals surface area contributed by atoms with Gasteiger partial charge in [0, 0.05) is 45.2 Å². The first-order valence-corrected chi connectivity index (χ1v) is 13.0. The van der Waals surface area contributed by atoms with Gasteiger partial charge < -0.3 is 21.0 Å². The van der Waals surface area contributed by atoms with Gasteiger partial charge >= 0.3 is 0 Å². The largest absolute Gasteiger partial charge is 0.342 e. The first-order chi connectivity index (χ1) is 17.9. The normalized spacial score (nSPS) is 23.2. The van der Waals surface area contributed by atoms with Crippen molar-refractivity contribution >= 4 is 23.3 Å². The summed E-state index contributed by atoms with van der Waals surface area (Å²) in [4.78, 5) is 28.6. The summed E-state index contributed by atoms with van der Waals surface area (Å²) in [6.07, 6.45) is 19.1. The summed E-state index contributed by atoms with van der Waals surface area (Å²) in [6.45, 7) is 3.42. The molecule has 0 spiro atoms. The van der Waals surface area contributed by atoms with E-state index in [4.69, 9.17) is 10.8 Å². The minimum Gasteiger partial charge on any atom is -0.342 e. The number of amides is 1. The molecule has 8 nitrogen and oxygen atoms in total. The number of nitrogens with one attached hydrogen (secondary N) is 3. The zero-order valence-electron chi connectivity index (χ0n) is 21.3. The van der Waals surface area contributed by atoms with E-state index < -0.39 is 5.54 Å². The average molecular weight is 498 g/mol. The fourth-order valence-corrected chi connectivity index (χ4v) is 5.22. The molecule has 1 amide bonds. The van der Waals surface area contributed by atoms with E-state index in [1.54, 1.807) is 18.5 Å². The van der Waals surface area contributed by atoms with Crippen molar-refractivity contribution in [3.63, 3.8) is 0 Å². The van der Waals surface area contributed by atoms with E-state index in [9.17, 15) is 4.79 Å². The third-order valence-corrected chi connectivity index (χ3v) is 7.26. The molecule has 192 valence electrons. The molecule has 1 unspecified atom stereocenters. The molecule has 37 heavy (non-hydrogen) atoms. The molecule has 5 rings (SSSR count). The van der Waals surface area contributed by atoms with Crippen LogP contribution in [0.25, 0.3) is 0 Å². The van der Waals surface area contributed by atoms with Crippen LogP contribution >= 0.6 is 0 Å². The van der Waals surface area contributed by atoms with Gasteiger partial charge in [-0.25, -0.2) is 9.97 Å². The molecule has 3 heterocycles. The van der Waals surface area contributed by atoms with Gasteiger partial charge in [0.2, 0.25) is 5.95 Å². The number of carbonyl (C=O) groups is 1. The first kappa shape index (κ1) is 24.7. The molecule has 0 radical (unpaired) electrons. The van der Waals surface area contributed by atoms with Gasteiger partial charge in [0.05, 0.1) is 11.3 Å². The van der Waals surface area contributed by atoms with E-state index in [1.165, 1.54) is 0 Å².